The largest absolute Gasteiger partial charge is 0.316 e. The van der Waals surface area contributed by atoms with Gasteiger partial charge in [0.05, 0.1) is 0 Å². The highest BCUT2D eigenvalue weighted by atomic mass is 14.9. The Kier molecular flexibility index (Phi) is 2.28. The molecule has 2 aliphatic carbocycles. The number of hydrogen-bond acceptors (Lipinski definition) is 1. The van der Waals surface area contributed by atoms with Crippen LogP contribution in [0.5, 0.6) is 0 Å². The van der Waals surface area contributed by atoms with Crippen molar-refractivity contribution in [2.75, 3.05) is 7.05 Å². The van der Waals surface area contributed by atoms with Crippen molar-refractivity contribution in [1.29, 1.82) is 0 Å². The van der Waals surface area contributed by atoms with E-state index in [1.807, 2.05) is 0 Å². The highest BCUT2D eigenvalue weighted by molar-refractivity contribution is 5.32. The van der Waals surface area contributed by atoms with Gasteiger partial charge < -0.3 is 5.32 Å². The Balaban J connectivity index is 1.77. The summed E-state index contributed by atoms with van der Waals surface area (Å²) in [4.78, 5) is 0. The SMILES string of the molecule is CNC(C1CC1)C1Cc2ccccc2C1. The lowest BCUT2D eigenvalue weighted by Gasteiger charge is -2.22. The van der Waals surface area contributed by atoms with Gasteiger partial charge in [-0.3, -0.25) is 0 Å². The lowest BCUT2D eigenvalue weighted by Crippen LogP contribution is -2.36. The lowest BCUT2D eigenvalue weighted by molar-refractivity contribution is 0.349. The van der Waals surface area contributed by atoms with E-state index in [1.165, 1.54) is 25.7 Å². The molecule has 0 radical (unpaired) electrons. The molecule has 1 N–H and O–H groups in total. The molecule has 80 valence electrons. The summed E-state index contributed by atoms with van der Waals surface area (Å²) in [5.41, 5.74) is 3.17. The van der Waals surface area contributed by atoms with Crippen molar-refractivity contribution in [2.45, 2.75) is 31.7 Å². The molecule has 1 heteroatoms. The molecule has 0 bridgehead atoms. The van der Waals surface area contributed by atoms with Crippen molar-refractivity contribution in [2.24, 2.45) is 11.8 Å². The summed E-state index contributed by atoms with van der Waals surface area (Å²) in [5, 5.41) is 3.54. The second-order valence-corrected chi connectivity index (χ2v) is 5.09. The summed E-state index contributed by atoms with van der Waals surface area (Å²) in [6.45, 7) is 0. The van der Waals surface area contributed by atoms with Crippen LogP contribution < -0.4 is 5.32 Å². The first-order chi connectivity index (χ1) is 7.38. The maximum Gasteiger partial charge on any atom is 0.0127 e. The molecule has 1 fully saturated rings. The number of benzene rings is 1. The van der Waals surface area contributed by atoms with Crippen LogP contribution in [0.1, 0.15) is 24.0 Å². The fourth-order valence-corrected chi connectivity index (χ4v) is 3.16. The van der Waals surface area contributed by atoms with Gasteiger partial charge in [-0.2, -0.15) is 0 Å². The second kappa shape index (κ2) is 3.64. The minimum absolute atomic E-state index is 0.761. The standard InChI is InChI=1S/C14H19N/c1-15-14(10-6-7-10)13-8-11-4-2-3-5-12(11)9-13/h2-5,10,13-15H,6-9H2,1H3. The molecule has 0 spiro atoms. The van der Waals surface area contributed by atoms with E-state index in [2.05, 4.69) is 36.6 Å². The molecule has 1 nitrogen and oxygen atoms in total. The van der Waals surface area contributed by atoms with Gasteiger partial charge >= 0.3 is 0 Å². The minimum Gasteiger partial charge on any atom is -0.316 e. The Hall–Kier alpha value is -0.820. The van der Waals surface area contributed by atoms with Gasteiger partial charge in [-0.25, -0.2) is 0 Å². The summed E-state index contributed by atoms with van der Waals surface area (Å²) in [7, 11) is 2.13. The van der Waals surface area contributed by atoms with Gasteiger partial charge in [-0.15, -0.1) is 0 Å². The summed E-state index contributed by atoms with van der Waals surface area (Å²) in [6.07, 6.45) is 5.47. The molecular formula is C14H19N. The third-order valence-corrected chi connectivity index (χ3v) is 4.05. The van der Waals surface area contributed by atoms with E-state index in [1.54, 1.807) is 11.1 Å². The van der Waals surface area contributed by atoms with Crippen molar-refractivity contribution in [3.05, 3.63) is 35.4 Å². The Labute approximate surface area is 91.9 Å². The first-order valence-electron chi connectivity index (χ1n) is 6.12. The van der Waals surface area contributed by atoms with Gasteiger partial charge in [-0.1, -0.05) is 24.3 Å². The quantitative estimate of drug-likeness (QED) is 0.792. The molecule has 1 aromatic rings. The zero-order valence-electron chi connectivity index (χ0n) is 9.37. The number of nitrogens with one attached hydrogen (secondary N) is 1. The molecule has 0 heterocycles. The van der Waals surface area contributed by atoms with Crippen molar-refractivity contribution in [1.82, 2.24) is 5.32 Å². The molecule has 0 aromatic heterocycles. The summed E-state index contributed by atoms with van der Waals surface area (Å²) in [5.74, 6) is 1.81. The number of hydrogen-bond donors (Lipinski definition) is 1. The highest BCUT2D eigenvalue weighted by Gasteiger charge is 2.37. The topological polar surface area (TPSA) is 12.0 Å². The first-order valence-corrected chi connectivity index (χ1v) is 6.12. The van der Waals surface area contributed by atoms with Gasteiger partial charge in [0.2, 0.25) is 0 Å². The van der Waals surface area contributed by atoms with Crippen LogP contribution in [0.4, 0.5) is 0 Å². The lowest BCUT2D eigenvalue weighted by atomic mass is 9.93. The zero-order chi connectivity index (χ0) is 10.3. The molecule has 1 aromatic carbocycles. The van der Waals surface area contributed by atoms with Gasteiger partial charge in [0.1, 0.15) is 0 Å². The molecule has 0 amide bonds. The number of rotatable bonds is 3. The molecule has 1 atom stereocenters. The third kappa shape index (κ3) is 1.69. The molecule has 0 saturated heterocycles. The first kappa shape index (κ1) is 9.41. The molecular weight excluding hydrogens is 182 g/mol. The average molecular weight is 201 g/mol. The Bertz CT molecular complexity index is 329. The van der Waals surface area contributed by atoms with E-state index >= 15 is 0 Å². The normalized spacial score (nSPS) is 22.7. The molecule has 3 rings (SSSR count). The molecule has 1 saturated carbocycles. The van der Waals surface area contributed by atoms with E-state index in [-0.39, 0.29) is 0 Å². The van der Waals surface area contributed by atoms with E-state index in [0.717, 1.165) is 17.9 Å². The average Bonchev–Trinajstić information content (AvgIpc) is 2.99. The van der Waals surface area contributed by atoms with E-state index in [4.69, 9.17) is 0 Å². The molecule has 1 unspecified atom stereocenters. The van der Waals surface area contributed by atoms with Crippen molar-refractivity contribution < 1.29 is 0 Å². The van der Waals surface area contributed by atoms with E-state index in [0.29, 0.717) is 0 Å². The van der Waals surface area contributed by atoms with Crippen LogP contribution in [0.15, 0.2) is 24.3 Å². The highest BCUT2D eigenvalue weighted by Crippen LogP contribution is 2.40. The predicted octanol–water partition coefficient (Wildman–Crippen LogP) is 2.40. The van der Waals surface area contributed by atoms with Crippen LogP contribution in [-0.4, -0.2) is 13.1 Å². The van der Waals surface area contributed by atoms with Crippen LogP contribution in [0.3, 0.4) is 0 Å². The van der Waals surface area contributed by atoms with Crippen molar-refractivity contribution >= 4 is 0 Å². The van der Waals surface area contributed by atoms with Gasteiger partial charge in [-0.05, 0) is 55.7 Å². The second-order valence-electron chi connectivity index (χ2n) is 5.09. The van der Waals surface area contributed by atoms with Gasteiger partial charge in [0.25, 0.3) is 0 Å². The number of fused-ring (bicyclic) bond motifs is 1. The van der Waals surface area contributed by atoms with Crippen LogP contribution in [0.25, 0.3) is 0 Å². The maximum absolute atomic E-state index is 3.54. The Morgan fingerprint density at radius 3 is 2.13 bits per heavy atom. The third-order valence-electron chi connectivity index (χ3n) is 4.05. The van der Waals surface area contributed by atoms with Crippen LogP contribution in [0, 0.1) is 11.8 Å². The summed E-state index contributed by atoms with van der Waals surface area (Å²) in [6, 6.07) is 9.71. The Morgan fingerprint density at radius 1 is 1.07 bits per heavy atom. The molecule has 2 aliphatic rings. The monoisotopic (exact) mass is 201 g/mol. The van der Waals surface area contributed by atoms with Crippen LogP contribution in [0.2, 0.25) is 0 Å². The van der Waals surface area contributed by atoms with Crippen LogP contribution >= 0.6 is 0 Å². The zero-order valence-corrected chi connectivity index (χ0v) is 9.37. The predicted molar refractivity (Wildman–Crippen MR) is 62.9 cm³/mol. The van der Waals surface area contributed by atoms with E-state index < -0.39 is 0 Å². The minimum atomic E-state index is 0.761. The maximum atomic E-state index is 3.54. The Morgan fingerprint density at radius 2 is 1.67 bits per heavy atom. The van der Waals surface area contributed by atoms with Gasteiger partial charge in [0.15, 0.2) is 0 Å². The van der Waals surface area contributed by atoms with Gasteiger partial charge in [0, 0.05) is 6.04 Å². The smallest absolute Gasteiger partial charge is 0.0127 e. The fourth-order valence-electron chi connectivity index (χ4n) is 3.16. The summed E-state index contributed by atoms with van der Waals surface area (Å²) >= 11 is 0. The molecule has 0 aliphatic heterocycles. The van der Waals surface area contributed by atoms with E-state index in [9.17, 15) is 0 Å². The fraction of sp³-hybridized carbons (Fsp3) is 0.571. The van der Waals surface area contributed by atoms with Crippen molar-refractivity contribution in [3.63, 3.8) is 0 Å². The van der Waals surface area contributed by atoms with Crippen LogP contribution in [-0.2, 0) is 12.8 Å². The van der Waals surface area contributed by atoms with Crippen molar-refractivity contribution in [3.8, 4) is 0 Å². The summed E-state index contributed by atoms with van der Waals surface area (Å²) < 4.78 is 0. The molecule has 15 heavy (non-hydrogen) atoms.